The van der Waals surface area contributed by atoms with Crippen LogP contribution in [0.2, 0.25) is 0 Å². The van der Waals surface area contributed by atoms with Crippen molar-refractivity contribution >= 4 is 21.9 Å². The number of carboxylic acid groups (broad SMARTS) is 1. The number of hydrogen-bond acceptors (Lipinski definition) is 2. The van der Waals surface area contributed by atoms with Gasteiger partial charge in [-0.05, 0) is 41.9 Å². The average molecular weight is 287 g/mol. The minimum atomic E-state index is -0.875. The van der Waals surface area contributed by atoms with Gasteiger partial charge in [0.25, 0.3) is 0 Å². The molecule has 0 spiro atoms. The van der Waals surface area contributed by atoms with Crippen LogP contribution in [0.5, 0.6) is 0 Å². The molecule has 5 heteroatoms. The molecule has 16 heavy (non-hydrogen) atoms. The van der Waals surface area contributed by atoms with E-state index >= 15 is 0 Å². The fourth-order valence-corrected chi connectivity index (χ4v) is 2.27. The summed E-state index contributed by atoms with van der Waals surface area (Å²) in [5.41, 5.74) is 0.344. The van der Waals surface area contributed by atoms with Gasteiger partial charge in [0.2, 0.25) is 0 Å². The number of nitrogens with zero attached hydrogens (tertiary/aromatic N) is 2. The first-order valence-electron chi connectivity index (χ1n) is 5.37. The maximum atomic E-state index is 11.0. The lowest BCUT2D eigenvalue weighted by Crippen LogP contribution is -2.26. The van der Waals surface area contributed by atoms with Crippen molar-refractivity contribution in [3.63, 3.8) is 0 Å². The van der Waals surface area contributed by atoms with Crippen LogP contribution in [-0.2, 0) is 6.54 Å². The molecule has 1 fully saturated rings. The summed E-state index contributed by atoms with van der Waals surface area (Å²) in [7, 11) is 2.09. The van der Waals surface area contributed by atoms with Gasteiger partial charge in [-0.15, -0.1) is 0 Å². The summed E-state index contributed by atoms with van der Waals surface area (Å²) >= 11 is 3.30. The first kappa shape index (κ1) is 11.7. The third-order valence-corrected chi connectivity index (χ3v) is 3.38. The Labute approximate surface area is 103 Å². The summed E-state index contributed by atoms with van der Waals surface area (Å²) in [6.07, 6.45) is 4.37. The highest BCUT2D eigenvalue weighted by molar-refractivity contribution is 9.10. The number of aromatic carboxylic acids is 1. The molecule has 0 bridgehead atoms. The number of likely N-dealkylation sites (N-methyl/N-ethyl adjacent to an activating group) is 1. The molecule has 0 aromatic carbocycles. The molecule has 0 saturated heterocycles. The van der Waals surface area contributed by atoms with Gasteiger partial charge >= 0.3 is 5.97 Å². The van der Waals surface area contributed by atoms with Crippen LogP contribution in [0.15, 0.2) is 16.7 Å². The molecule has 0 unspecified atom stereocenters. The molecule has 1 N–H and O–H groups in total. The number of halogens is 1. The summed E-state index contributed by atoms with van der Waals surface area (Å²) < 4.78 is 2.60. The molecular formula is C11H15BrN2O2. The molecule has 1 aromatic rings. The predicted octanol–water partition coefficient (Wildman–Crippen LogP) is 2.04. The van der Waals surface area contributed by atoms with Gasteiger partial charge in [-0.3, -0.25) is 0 Å². The second-order valence-electron chi connectivity index (χ2n) is 4.25. The largest absolute Gasteiger partial charge is 0.477 e. The van der Waals surface area contributed by atoms with Gasteiger partial charge in [0.15, 0.2) is 0 Å². The highest BCUT2D eigenvalue weighted by Crippen LogP contribution is 2.25. The van der Waals surface area contributed by atoms with E-state index in [-0.39, 0.29) is 0 Å². The smallest absolute Gasteiger partial charge is 0.352 e. The summed E-state index contributed by atoms with van der Waals surface area (Å²) in [6.45, 7) is 1.62. The van der Waals surface area contributed by atoms with Crippen molar-refractivity contribution in [2.75, 3.05) is 13.6 Å². The number of hydrogen-bond donors (Lipinski definition) is 1. The normalized spacial score (nSPS) is 15.7. The van der Waals surface area contributed by atoms with E-state index in [2.05, 4.69) is 27.9 Å². The van der Waals surface area contributed by atoms with Crippen molar-refractivity contribution in [2.45, 2.75) is 25.4 Å². The number of carbonyl (C=O) groups is 1. The van der Waals surface area contributed by atoms with Gasteiger partial charge in [-0.25, -0.2) is 4.79 Å². The van der Waals surface area contributed by atoms with Gasteiger partial charge in [-0.2, -0.15) is 0 Å². The Balaban J connectivity index is 1.99. The number of carboxylic acids is 1. The highest BCUT2D eigenvalue weighted by atomic mass is 79.9. The van der Waals surface area contributed by atoms with Gasteiger partial charge < -0.3 is 14.6 Å². The topological polar surface area (TPSA) is 45.5 Å². The second kappa shape index (κ2) is 4.59. The third-order valence-electron chi connectivity index (χ3n) is 2.95. The van der Waals surface area contributed by atoms with Crippen LogP contribution < -0.4 is 0 Å². The molecule has 1 saturated carbocycles. The zero-order chi connectivity index (χ0) is 11.7. The number of rotatable bonds is 5. The lowest BCUT2D eigenvalue weighted by atomic mass is 10.4. The predicted molar refractivity (Wildman–Crippen MR) is 64.7 cm³/mol. The van der Waals surface area contributed by atoms with Crippen LogP contribution in [0.3, 0.4) is 0 Å². The Morgan fingerprint density at radius 1 is 1.69 bits per heavy atom. The van der Waals surface area contributed by atoms with Gasteiger partial charge in [-0.1, -0.05) is 0 Å². The Hall–Kier alpha value is -0.810. The van der Waals surface area contributed by atoms with E-state index in [9.17, 15) is 4.79 Å². The number of aromatic nitrogens is 1. The monoisotopic (exact) mass is 286 g/mol. The Bertz CT molecular complexity index is 399. The molecule has 1 aliphatic rings. The van der Waals surface area contributed by atoms with E-state index in [1.165, 1.54) is 12.8 Å². The van der Waals surface area contributed by atoms with Crippen molar-refractivity contribution < 1.29 is 9.90 Å². The molecule has 0 atom stereocenters. The first-order chi connectivity index (χ1) is 7.58. The Morgan fingerprint density at radius 3 is 2.94 bits per heavy atom. The molecule has 0 amide bonds. The average Bonchev–Trinajstić information content (AvgIpc) is 2.99. The standard InChI is InChI=1S/C11H15BrN2O2/c1-13(9-2-3-9)4-5-14-7-8(12)6-10(14)11(15)16/h6-7,9H,2-5H2,1H3,(H,15,16). The molecule has 1 aliphatic carbocycles. The van der Waals surface area contributed by atoms with Crippen molar-refractivity contribution in [2.24, 2.45) is 0 Å². The SMILES string of the molecule is CN(CCn1cc(Br)cc1C(=O)O)C1CC1. The van der Waals surface area contributed by atoms with Crippen LogP contribution in [-0.4, -0.2) is 40.2 Å². The van der Waals surface area contributed by atoms with E-state index in [0.717, 1.165) is 17.6 Å². The van der Waals surface area contributed by atoms with Crippen molar-refractivity contribution in [3.8, 4) is 0 Å². The third kappa shape index (κ3) is 2.65. The van der Waals surface area contributed by atoms with E-state index < -0.39 is 5.97 Å². The molecule has 88 valence electrons. The molecule has 0 radical (unpaired) electrons. The maximum Gasteiger partial charge on any atom is 0.352 e. The van der Waals surface area contributed by atoms with Crippen LogP contribution in [0.25, 0.3) is 0 Å². The van der Waals surface area contributed by atoms with Gasteiger partial charge in [0, 0.05) is 29.8 Å². The molecular weight excluding hydrogens is 272 g/mol. The van der Waals surface area contributed by atoms with Crippen LogP contribution in [0.1, 0.15) is 23.3 Å². The van der Waals surface area contributed by atoms with Crippen molar-refractivity contribution in [3.05, 3.63) is 22.4 Å². The highest BCUT2D eigenvalue weighted by Gasteiger charge is 2.25. The second-order valence-corrected chi connectivity index (χ2v) is 5.17. The van der Waals surface area contributed by atoms with Crippen LogP contribution >= 0.6 is 15.9 Å². The molecule has 0 aliphatic heterocycles. The Morgan fingerprint density at radius 2 is 2.38 bits per heavy atom. The van der Waals surface area contributed by atoms with E-state index in [4.69, 9.17) is 5.11 Å². The minimum Gasteiger partial charge on any atom is -0.477 e. The lowest BCUT2D eigenvalue weighted by Gasteiger charge is -2.16. The molecule has 1 heterocycles. The lowest BCUT2D eigenvalue weighted by molar-refractivity contribution is 0.0684. The summed E-state index contributed by atoms with van der Waals surface area (Å²) in [6, 6.07) is 2.35. The minimum absolute atomic E-state index is 0.344. The maximum absolute atomic E-state index is 11.0. The fraction of sp³-hybridized carbons (Fsp3) is 0.545. The molecule has 4 nitrogen and oxygen atoms in total. The van der Waals surface area contributed by atoms with Crippen molar-refractivity contribution in [1.82, 2.24) is 9.47 Å². The Kier molecular flexibility index (Phi) is 3.35. The van der Waals surface area contributed by atoms with Crippen LogP contribution in [0, 0.1) is 0 Å². The van der Waals surface area contributed by atoms with E-state index in [0.29, 0.717) is 11.7 Å². The van der Waals surface area contributed by atoms with E-state index in [1.807, 2.05) is 6.20 Å². The first-order valence-corrected chi connectivity index (χ1v) is 6.16. The summed E-state index contributed by atoms with van der Waals surface area (Å²) in [5.74, 6) is -0.875. The van der Waals surface area contributed by atoms with Gasteiger partial charge in [0.05, 0.1) is 0 Å². The van der Waals surface area contributed by atoms with Crippen molar-refractivity contribution in [1.29, 1.82) is 0 Å². The summed E-state index contributed by atoms with van der Waals surface area (Å²) in [5, 5.41) is 9.01. The summed E-state index contributed by atoms with van der Waals surface area (Å²) in [4.78, 5) is 13.3. The molecule has 2 rings (SSSR count). The quantitative estimate of drug-likeness (QED) is 0.901. The zero-order valence-corrected chi connectivity index (χ0v) is 10.8. The fourth-order valence-electron chi connectivity index (χ4n) is 1.80. The van der Waals surface area contributed by atoms with E-state index in [1.54, 1.807) is 10.6 Å². The molecule has 1 aromatic heterocycles. The van der Waals surface area contributed by atoms with Gasteiger partial charge in [0.1, 0.15) is 5.69 Å². The van der Waals surface area contributed by atoms with Crippen LogP contribution in [0.4, 0.5) is 0 Å². The zero-order valence-electron chi connectivity index (χ0n) is 9.19.